The van der Waals surface area contributed by atoms with Crippen molar-refractivity contribution >= 4 is 28.6 Å². The van der Waals surface area contributed by atoms with Gasteiger partial charge in [0, 0.05) is 3.57 Å². The van der Waals surface area contributed by atoms with E-state index in [0.29, 0.717) is 11.1 Å². The molecular weight excluding hydrogens is 305 g/mol. The van der Waals surface area contributed by atoms with Crippen molar-refractivity contribution in [1.82, 2.24) is 0 Å². The number of nitrogens with zero attached hydrogens (tertiary/aromatic N) is 1. The number of aryl methyl sites for hydroxylation is 1. The summed E-state index contributed by atoms with van der Waals surface area (Å²) in [5.41, 5.74) is 1.96. The van der Waals surface area contributed by atoms with Crippen molar-refractivity contribution < 1.29 is 9.53 Å². The van der Waals surface area contributed by atoms with Gasteiger partial charge in [0.2, 0.25) is 0 Å². The van der Waals surface area contributed by atoms with Gasteiger partial charge in [0.25, 0.3) is 0 Å². The number of rotatable bonds is 2. The first kappa shape index (κ1) is 12.0. The predicted molar refractivity (Wildman–Crippen MR) is 64.6 cm³/mol. The van der Waals surface area contributed by atoms with Crippen molar-refractivity contribution in [2.24, 2.45) is 0 Å². The molecule has 0 atom stereocenters. The Labute approximate surface area is 102 Å². The number of nitriles is 1. The molecule has 0 aliphatic rings. The maximum absolute atomic E-state index is 11.3. The molecule has 0 saturated carbocycles. The van der Waals surface area contributed by atoms with Gasteiger partial charge in [-0.25, -0.2) is 4.79 Å². The topological polar surface area (TPSA) is 50.1 Å². The molecule has 0 N–H and O–H groups in total. The smallest absolute Gasteiger partial charge is 0.337 e. The van der Waals surface area contributed by atoms with Crippen LogP contribution in [0.2, 0.25) is 0 Å². The van der Waals surface area contributed by atoms with E-state index in [1.807, 2.05) is 6.92 Å². The van der Waals surface area contributed by atoms with Crippen molar-refractivity contribution in [3.63, 3.8) is 0 Å². The average molecular weight is 315 g/mol. The molecule has 0 bridgehead atoms. The molecule has 0 unspecified atom stereocenters. The van der Waals surface area contributed by atoms with Gasteiger partial charge in [-0.05, 0) is 46.7 Å². The van der Waals surface area contributed by atoms with Crippen LogP contribution in [0.5, 0.6) is 0 Å². The number of carbonyl (C=O) groups is 1. The second-order valence-electron chi connectivity index (χ2n) is 2.95. The highest BCUT2D eigenvalue weighted by Crippen LogP contribution is 2.20. The van der Waals surface area contributed by atoms with E-state index in [1.54, 1.807) is 12.1 Å². The van der Waals surface area contributed by atoms with Crippen LogP contribution in [0.1, 0.15) is 28.4 Å². The molecule has 0 aromatic heterocycles. The lowest BCUT2D eigenvalue weighted by Gasteiger charge is -2.06. The minimum Gasteiger partial charge on any atom is -0.465 e. The van der Waals surface area contributed by atoms with E-state index >= 15 is 0 Å². The molecule has 1 aromatic rings. The van der Waals surface area contributed by atoms with Gasteiger partial charge in [-0.3, -0.25) is 0 Å². The standard InChI is InChI=1S/C11H10INO2/c1-3-7-4-8(11(14)15-2)5-9(6-13)10(7)12/h4-5H,3H2,1-2H3. The number of esters is 1. The van der Waals surface area contributed by atoms with Crippen LogP contribution in [0.25, 0.3) is 0 Å². The number of benzene rings is 1. The molecule has 0 aliphatic carbocycles. The molecule has 15 heavy (non-hydrogen) atoms. The largest absolute Gasteiger partial charge is 0.465 e. The number of carbonyl (C=O) groups excluding carboxylic acids is 1. The van der Waals surface area contributed by atoms with Gasteiger partial charge >= 0.3 is 5.97 Å². The molecule has 0 fully saturated rings. The predicted octanol–water partition coefficient (Wildman–Crippen LogP) is 2.51. The number of halogens is 1. The first-order valence-corrected chi connectivity index (χ1v) is 5.52. The summed E-state index contributed by atoms with van der Waals surface area (Å²) in [7, 11) is 1.33. The zero-order valence-corrected chi connectivity index (χ0v) is 10.7. The normalized spacial score (nSPS) is 9.47. The zero-order valence-electron chi connectivity index (χ0n) is 8.50. The SMILES string of the molecule is CCc1cc(C(=O)OC)cc(C#N)c1I. The molecule has 0 heterocycles. The van der Waals surface area contributed by atoms with Gasteiger partial charge in [-0.1, -0.05) is 6.92 Å². The van der Waals surface area contributed by atoms with Crippen molar-refractivity contribution in [2.45, 2.75) is 13.3 Å². The van der Waals surface area contributed by atoms with Crippen LogP contribution in [0.4, 0.5) is 0 Å². The Morgan fingerprint density at radius 2 is 2.27 bits per heavy atom. The molecule has 3 nitrogen and oxygen atoms in total. The van der Waals surface area contributed by atoms with Crippen molar-refractivity contribution in [1.29, 1.82) is 5.26 Å². The molecule has 78 valence electrons. The third-order valence-corrected chi connectivity index (χ3v) is 3.34. The van der Waals surface area contributed by atoms with Crippen LogP contribution in [0.15, 0.2) is 12.1 Å². The van der Waals surface area contributed by atoms with Crippen LogP contribution >= 0.6 is 22.6 Å². The average Bonchev–Trinajstić information content (AvgIpc) is 2.28. The second-order valence-corrected chi connectivity index (χ2v) is 4.03. The fourth-order valence-electron chi connectivity index (χ4n) is 1.26. The van der Waals surface area contributed by atoms with Gasteiger partial charge < -0.3 is 4.74 Å². The van der Waals surface area contributed by atoms with Crippen LogP contribution < -0.4 is 0 Å². The summed E-state index contributed by atoms with van der Waals surface area (Å²) in [5, 5.41) is 8.91. The first-order valence-electron chi connectivity index (χ1n) is 4.44. The van der Waals surface area contributed by atoms with E-state index in [4.69, 9.17) is 5.26 Å². The monoisotopic (exact) mass is 315 g/mol. The molecule has 1 rings (SSSR count). The molecule has 0 aliphatic heterocycles. The van der Waals surface area contributed by atoms with Gasteiger partial charge in [0.05, 0.1) is 18.2 Å². The number of hydrogen-bond acceptors (Lipinski definition) is 3. The second kappa shape index (κ2) is 5.12. The highest BCUT2D eigenvalue weighted by atomic mass is 127. The summed E-state index contributed by atoms with van der Waals surface area (Å²) in [6.45, 7) is 1.99. The summed E-state index contributed by atoms with van der Waals surface area (Å²) in [5.74, 6) is -0.405. The summed E-state index contributed by atoms with van der Waals surface area (Å²) in [6, 6.07) is 5.41. The maximum atomic E-state index is 11.3. The molecule has 0 saturated heterocycles. The highest BCUT2D eigenvalue weighted by molar-refractivity contribution is 14.1. The number of hydrogen-bond donors (Lipinski definition) is 0. The molecule has 0 spiro atoms. The Balaban J connectivity index is 3.34. The Kier molecular flexibility index (Phi) is 4.09. The first-order chi connectivity index (χ1) is 7.13. The maximum Gasteiger partial charge on any atom is 0.337 e. The number of methoxy groups -OCH3 is 1. The Morgan fingerprint density at radius 1 is 1.60 bits per heavy atom. The quantitative estimate of drug-likeness (QED) is 0.622. The van der Waals surface area contributed by atoms with Crippen LogP contribution in [-0.4, -0.2) is 13.1 Å². The van der Waals surface area contributed by atoms with Crippen LogP contribution in [-0.2, 0) is 11.2 Å². The van der Waals surface area contributed by atoms with Crippen molar-refractivity contribution in [3.8, 4) is 6.07 Å². The number of ether oxygens (including phenoxy) is 1. The van der Waals surface area contributed by atoms with Crippen molar-refractivity contribution in [3.05, 3.63) is 32.4 Å². The van der Waals surface area contributed by atoms with E-state index in [1.165, 1.54) is 7.11 Å². The van der Waals surface area contributed by atoms with E-state index in [0.717, 1.165) is 15.6 Å². The van der Waals surface area contributed by atoms with Gasteiger partial charge in [0.1, 0.15) is 6.07 Å². The molecule has 1 aromatic carbocycles. The van der Waals surface area contributed by atoms with Crippen LogP contribution in [0, 0.1) is 14.9 Å². The van der Waals surface area contributed by atoms with E-state index in [9.17, 15) is 4.79 Å². The van der Waals surface area contributed by atoms with Gasteiger partial charge in [0.15, 0.2) is 0 Å². The third-order valence-electron chi connectivity index (χ3n) is 2.07. The summed E-state index contributed by atoms with van der Waals surface area (Å²) in [4.78, 5) is 11.3. The lowest BCUT2D eigenvalue weighted by Crippen LogP contribution is -2.04. The third kappa shape index (κ3) is 2.48. The lowest BCUT2D eigenvalue weighted by molar-refractivity contribution is 0.0600. The van der Waals surface area contributed by atoms with Crippen LogP contribution in [0.3, 0.4) is 0 Å². The minimum absolute atomic E-state index is 0.405. The van der Waals surface area contributed by atoms with E-state index < -0.39 is 5.97 Å². The fourth-order valence-corrected chi connectivity index (χ4v) is 2.07. The highest BCUT2D eigenvalue weighted by Gasteiger charge is 2.12. The summed E-state index contributed by atoms with van der Waals surface area (Å²) >= 11 is 2.12. The molecule has 4 heteroatoms. The van der Waals surface area contributed by atoms with Crippen molar-refractivity contribution in [2.75, 3.05) is 7.11 Å². The molecule has 0 radical (unpaired) electrons. The lowest BCUT2D eigenvalue weighted by atomic mass is 10.0. The Hall–Kier alpha value is -1.09. The summed E-state index contributed by atoms with van der Waals surface area (Å²) < 4.78 is 5.53. The Morgan fingerprint density at radius 3 is 2.73 bits per heavy atom. The van der Waals surface area contributed by atoms with E-state index in [-0.39, 0.29) is 0 Å². The molecular formula is C11H10INO2. The van der Waals surface area contributed by atoms with Gasteiger partial charge in [-0.2, -0.15) is 5.26 Å². The fraction of sp³-hybridized carbons (Fsp3) is 0.273. The molecule has 0 amide bonds. The minimum atomic E-state index is -0.405. The van der Waals surface area contributed by atoms with E-state index in [2.05, 4.69) is 33.4 Å². The Bertz CT molecular complexity index is 435. The zero-order chi connectivity index (χ0) is 11.4. The van der Waals surface area contributed by atoms with Gasteiger partial charge in [-0.15, -0.1) is 0 Å². The summed E-state index contributed by atoms with van der Waals surface area (Å²) in [6.07, 6.45) is 0.789.